The Morgan fingerprint density at radius 1 is 0.875 bits per heavy atom. The van der Waals surface area contributed by atoms with Crippen LogP contribution in [0, 0.1) is 0 Å². The smallest absolute Gasteiger partial charge is 0.332 e. The van der Waals surface area contributed by atoms with E-state index < -0.39 is 15.1 Å². The van der Waals surface area contributed by atoms with Crippen LogP contribution < -0.4 is 26.6 Å². The normalized spacial score (nSPS) is 19.8. The van der Waals surface area contributed by atoms with E-state index in [1.54, 1.807) is 0 Å². The van der Waals surface area contributed by atoms with Gasteiger partial charge in [-0.1, -0.05) is 25.0 Å². The summed E-state index contributed by atoms with van der Waals surface area (Å²) in [7, 11) is -4.73. The van der Waals surface area contributed by atoms with Crippen LogP contribution in [-0.2, 0) is 31.0 Å². The first-order chi connectivity index (χ1) is 19.1. The van der Waals surface area contributed by atoms with Crippen molar-refractivity contribution in [3.05, 3.63) is 29.8 Å². The van der Waals surface area contributed by atoms with Gasteiger partial charge in [0.2, 0.25) is 17.7 Å². The van der Waals surface area contributed by atoms with Crippen molar-refractivity contribution in [3.63, 3.8) is 0 Å². The van der Waals surface area contributed by atoms with Crippen molar-refractivity contribution < 1.29 is 31.5 Å². The molecule has 5 amide bonds. The number of urea groups is 1. The van der Waals surface area contributed by atoms with E-state index in [0.29, 0.717) is 44.0 Å². The van der Waals surface area contributed by atoms with Gasteiger partial charge >= 0.3 is 16.3 Å². The molecule has 3 atom stereocenters. The summed E-state index contributed by atoms with van der Waals surface area (Å²) in [5.74, 6) is 0.405. The second-order valence-electron chi connectivity index (χ2n) is 9.99. The predicted molar refractivity (Wildman–Crippen MR) is 150 cm³/mol. The third-order valence-electron chi connectivity index (χ3n) is 6.87. The lowest BCUT2D eigenvalue weighted by Gasteiger charge is -2.16. The standard InChI is InChI=1S/C26H38FN5O6S2/c27-40(37,38)19-11-9-18(10-12-19)13-15-29-24(35)16-30-23(34)7-2-1-5-14-28-22(33)8-4-3-6-21-25-20(17-39-21)31-26(36)32-25/h9-12,20-21,25H,1-8,13-17H2,(H,28,33)(H,29,35)(H,30,34)(H2,31,32,36)/t20-,21-,25-/m0/s1. The molecule has 2 saturated heterocycles. The first-order valence-corrected chi connectivity index (χ1v) is 16.1. The lowest BCUT2D eigenvalue weighted by atomic mass is 10.0. The van der Waals surface area contributed by atoms with Crippen LogP contribution in [0.4, 0.5) is 8.68 Å². The molecule has 0 aliphatic carbocycles. The average molecular weight is 600 g/mol. The van der Waals surface area contributed by atoms with Gasteiger partial charge in [0.25, 0.3) is 0 Å². The maximum atomic E-state index is 12.9. The van der Waals surface area contributed by atoms with Gasteiger partial charge in [-0.3, -0.25) is 14.4 Å². The number of fused-ring (bicyclic) bond motifs is 1. The number of benzene rings is 1. The van der Waals surface area contributed by atoms with E-state index in [1.807, 2.05) is 11.8 Å². The Balaban J connectivity index is 1.12. The van der Waals surface area contributed by atoms with E-state index in [2.05, 4.69) is 26.6 Å². The molecule has 1 aromatic carbocycles. The number of hydrogen-bond donors (Lipinski definition) is 5. The summed E-state index contributed by atoms with van der Waals surface area (Å²) in [6.45, 7) is 0.717. The number of unbranched alkanes of at least 4 members (excludes halogenated alkanes) is 3. The number of hydrogen-bond acceptors (Lipinski definition) is 7. The third kappa shape index (κ3) is 11.0. The Bertz CT molecular complexity index is 1130. The first kappa shape index (κ1) is 31.7. The molecule has 2 fully saturated rings. The molecular weight excluding hydrogens is 561 g/mol. The van der Waals surface area contributed by atoms with E-state index in [-0.39, 0.29) is 42.4 Å². The van der Waals surface area contributed by atoms with Crippen LogP contribution in [0.5, 0.6) is 0 Å². The molecule has 222 valence electrons. The summed E-state index contributed by atoms with van der Waals surface area (Å²) in [5, 5.41) is 14.5. The Labute approximate surface area is 238 Å². The van der Waals surface area contributed by atoms with E-state index in [1.165, 1.54) is 24.3 Å². The molecule has 40 heavy (non-hydrogen) atoms. The number of carbonyl (C=O) groups is 4. The maximum absolute atomic E-state index is 12.9. The van der Waals surface area contributed by atoms with Crippen LogP contribution >= 0.6 is 11.8 Å². The number of halogens is 1. The topological polar surface area (TPSA) is 163 Å². The van der Waals surface area contributed by atoms with Gasteiger partial charge in [-0.25, -0.2) is 4.79 Å². The average Bonchev–Trinajstić information content (AvgIpc) is 3.46. The summed E-state index contributed by atoms with van der Waals surface area (Å²) in [6, 6.07) is 5.64. The Morgan fingerprint density at radius 3 is 2.27 bits per heavy atom. The van der Waals surface area contributed by atoms with Crippen molar-refractivity contribution in [2.75, 3.05) is 25.4 Å². The second-order valence-corrected chi connectivity index (χ2v) is 12.6. The Morgan fingerprint density at radius 2 is 1.55 bits per heavy atom. The van der Waals surface area contributed by atoms with Gasteiger partial charge in [-0.05, 0) is 49.8 Å². The van der Waals surface area contributed by atoms with Crippen LogP contribution in [-0.4, -0.2) is 74.9 Å². The number of amides is 5. The van der Waals surface area contributed by atoms with Crippen LogP contribution in [0.2, 0.25) is 0 Å². The molecule has 0 spiro atoms. The number of thioether (sulfide) groups is 1. The lowest BCUT2D eigenvalue weighted by Crippen LogP contribution is -2.37. The van der Waals surface area contributed by atoms with Crippen LogP contribution in [0.3, 0.4) is 0 Å². The van der Waals surface area contributed by atoms with Gasteiger partial charge < -0.3 is 26.6 Å². The van der Waals surface area contributed by atoms with E-state index in [0.717, 1.165) is 43.4 Å². The van der Waals surface area contributed by atoms with Crippen molar-refractivity contribution in [2.24, 2.45) is 0 Å². The highest BCUT2D eigenvalue weighted by Crippen LogP contribution is 2.33. The molecule has 0 unspecified atom stereocenters. The minimum Gasteiger partial charge on any atom is -0.356 e. The summed E-state index contributed by atoms with van der Waals surface area (Å²) in [6.07, 6.45) is 6.16. The van der Waals surface area contributed by atoms with Crippen molar-refractivity contribution >= 4 is 45.7 Å². The molecular formula is C26H38FN5O6S2. The minimum absolute atomic E-state index is 0.0289. The third-order valence-corrected chi connectivity index (χ3v) is 9.21. The molecule has 0 saturated carbocycles. The highest BCUT2D eigenvalue weighted by molar-refractivity contribution is 8.00. The fourth-order valence-electron chi connectivity index (χ4n) is 4.67. The summed E-state index contributed by atoms with van der Waals surface area (Å²) < 4.78 is 34.6. The second kappa shape index (κ2) is 15.8. The van der Waals surface area contributed by atoms with Crippen molar-refractivity contribution in [1.29, 1.82) is 0 Å². The summed E-state index contributed by atoms with van der Waals surface area (Å²) in [4.78, 5) is 46.9. The highest BCUT2D eigenvalue weighted by Gasteiger charge is 2.42. The Kier molecular flexibility index (Phi) is 12.5. The highest BCUT2D eigenvalue weighted by atomic mass is 32.3. The van der Waals surface area contributed by atoms with Gasteiger partial charge in [0, 0.05) is 36.9 Å². The molecule has 3 rings (SSSR count). The summed E-state index contributed by atoms with van der Waals surface area (Å²) in [5.41, 5.74) is 0.739. The van der Waals surface area contributed by atoms with Crippen molar-refractivity contribution in [1.82, 2.24) is 26.6 Å². The van der Waals surface area contributed by atoms with E-state index >= 15 is 0 Å². The molecule has 5 N–H and O–H groups in total. The molecule has 1 aromatic rings. The van der Waals surface area contributed by atoms with Crippen molar-refractivity contribution in [3.8, 4) is 0 Å². The van der Waals surface area contributed by atoms with Crippen molar-refractivity contribution in [2.45, 2.75) is 80.0 Å². The SMILES string of the molecule is O=C(CCCC[C@@H]1SC[C@@H]2NC(=O)N[C@@H]21)NCCCCCC(=O)NCC(=O)NCCc1ccc(S(=O)(=O)F)cc1. The number of rotatable bonds is 17. The fourth-order valence-corrected chi connectivity index (χ4v) is 6.68. The fraction of sp³-hybridized carbons (Fsp3) is 0.615. The molecule has 14 heteroatoms. The van der Waals surface area contributed by atoms with Crippen LogP contribution in [0.15, 0.2) is 29.2 Å². The first-order valence-electron chi connectivity index (χ1n) is 13.6. The predicted octanol–water partition coefficient (Wildman–Crippen LogP) is 1.52. The molecule has 0 aromatic heterocycles. The van der Waals surface area contributed by atoms with E-state index in [4.69, 9.17) is 0 Å². The zero-order valence-corrected chi connectivity index (χ0v) is 24.0. The molecule has 0 bridgehead atoms. The van der Waals surface area contributed by atoms with Gasteiger partial charge in [0.05, 0.1) is 23.5 Å². The van der Waals surface area contributed by atoms with Gasteiger partial charge in [0.1, 0.15) is 0 Å². The lowest BCUT2D eigenvalue weighted by molar-refractivity contribution is -0.126. The van der Waals surface area contributed by atoms with Gasteiger partial charge in [-0.15, -0.1) is 3.89 Å². The maximum Gasteiger partial charge on any atom is 0.332 e. The molecule has 2 aliphatic rings. The summed E-state index contributed by atoms with van der Waals surface area (Å²) >= 11 is 1.88. The number of nitrogens with one attached hydrogen (secondary N) is 5. The number of carbonyl (C=O) groups excluding carboxylic acids is 4. The molecule has 11 nitrogen and oxygen atoms in total. The molecule has 2 aliphatic heterocycles. The quantitative estimate of drug-likeness (QED) is 0.103. The van der Waals surface area contributed by atoms with Crippen LogP contribution in [0.25, 0.3) is 0 Å². The molecule has 0 radical (unpaired) electrons. The van der Waals surface area contributed by atoms with Crippen LogP contribution in [0.1, 0.15) is 56.9 Å². The van der Waals surface area contributed by atoms with Gasteiger partial charge in [-0.2, -0.15) is 20.2 Å². The Hall–Kier alpha value is -2.87. The van der Waals surface area contributed by atoms with E-state index in [9.17, 15) is 31.5 Å². The van der Waals surface area contributed by atoms with Gasteiger partial charge in [0.15, 0.2) is 0 Å². The largest absolute Gasteiger partial charge is 0.356 e. The molecule has 2 heterocycles. The minimum atomic E-state index is -4.73. The zero-order valence-electron chi connectivity index (χ0n) is 22.4. The zero-order chi connectivity index (χ0) is 29.0. The monoisotopic (exact) mass is 599 g/mol.